The molecule has 0 atom stereocenters. The molecule has 122 valence electrons. The summed E-state index contributed by atoms with van der Waals surface area (Å²) < 4.78 is 1.75. The van der Waals surface area contributed by atoms with Gasteiger partial charge in [-0.15, -0.1) is 5.10 Å². The van der Waals surface area contributed by atoms with Gasteiger partial charge in [-0.25, -0.2) is 9.67 Å². The van der Waals surface area contributed by atoms with Gasteiger partial charge in [0.1, 0.15) is 11.5 Å². The van der Waals surface area contributed by atoms with Crippen molar-refractivity contribution >= 4 is 40.0 Å². The maximum atomic E-state index is 12.1. The van der Waals surface area contributed by atoms with Crippen LogP contribution in [-0.2, 0) is 11.3 Å². The Bertz CT molecular complexity index is 863. The van der Waals surface area contributed by atoms with Crippen LogP contribution in [0.3, 0.4) is 0 Å². The first-order valence-electron chi connectivity index (χ1n) is 6.60. The van der Waals surface area contributed by atoms with Gasteiger partial charge in [-0.3, -0.25) is 9.59 Å². The van der Waals surface area contributed by atoms with Crippen LogP contribution in [0, 0.1) is 0 Å². The van der Waals surface area contributed by atoms with Crippen LogP contribution in [0.5, 0.6) is 0 Å². The van der Waals surface area contributed by atoms with Crippen molar-refractivity contribution in [3.63, 3.8) is 0 Å². The van der Waals surface area contributed by atoms with Crippen LogP contribution in [-0.4, -0.2) is 42.2 Å². The molecule has 2 aromatic heterocycles. The van der Waals surface area contributed by atoms with Crippen molar-refractivity contribution in [1.29, 1.82) is 0 Å². The van der Waals surface area contributed by atoms with Crippen LogP contribution in [0.4, 0.5) is 5.00 Å². The van der Waals surface area contributed by atoms with Crippen LogP contribution >= 0.6 is 23.1 Å². The Hall–Kier alpha value is -2.79. The van der Waals surface area contributed by atoms with Gasteiger partial charge in [-0.2, -0.15) is 0 Å². The van der Waals surface area contributed by atoms with E-state index in [1.54, 1.807) is 24.3 Å². The van der Waals surface area contributed by atoms with Gasteiger partial charge >= 0.3 is 5.97 Å². The van der Waals surface area contributed by atoms with Gasteiger partial charge < -0.3 is 10.4 Å². The number of carboxylic acid groups (broad SMARTS) is 1. The van der Waals surface area contributed by atoms with Gasteiger partial charge in [0.25, 0.3) is 5.91 Å². The van der Waals surface area contributed by atoms with Crippen molar-refractivity contribution in [3.8, 4) is 0 Å². The second-order valence-corrected chi connectivity index (χ2v) is 6.67. The second-order valence-electron chi connectivity index (χ2n) is 4.43. The zero-order valence-electron chi connectivity index (χ0n) is 12.0. The van der Waals surface area contributed by atoms with Gasteiger partial charge in [-0.05, 0) is 34.3 Å². The van der Waals surface area contributed by atoms with Gasteiger partial charge in [0, 0.05) is 5.56 Å². The molecular formula is C13H10N6O3S2. The summed E-state index contributed by atoms with van der Waals surface area (Å²) in [6.45, 7) is -0.335. The Morgan fingerprint density at radius 2 is 2.08 bits per heavy atom. The molecule has 0 aliphatic carbocycles. The zero-order valence-corrected chi connectivity index (χ0v) is 13.6. The fourth-order valence-corrected chi connectivity index (χ4v) is 3.46. The predicted octanol–water partition coefficient (Wildman–Crippen LogP) is 1.62. The quantitative estimate of drug-likeness (QED) is 0.678. The summed E-state index contributed by atoms with van der Waals surface area (Å²) in [6, 6.07) is 8.83. The maximum absolute atomic E-state index is 12.1. The largest absolute Gasteiger partial charge is 0.480 e. The average Bonchev–Trinajstić information content (AvgIpc) is 3.18. The summed E-state index contributed by atoms with van der Waals surface area (Å²) in [5, 5.41) is 23.3. The molecule has 0 saturated heterocycles. The van der Waals surface area contributed by atoms with E-state index in [0.717, 1.165) is 16.4 Å². The van der Waals surface area contributed by atoms with E-state index < -0.39 is 5.97 Å². The van der Waals surface area contributed by atoms with Crippen molar-refractivity contribution in [1.82, 2.24) is 25.2 Å². The zero-order chi connectivity index (χ0) is 16.9. The van der Waals surface area contributed by atoms with Crippen molar-refractivity contribution in [2.75, 3.05) is 5.32 Å². The summed E-state index contributed by atoms with van der Waals surface area (Å²) in [7, 11) is 0. The van der Waals surface area contributed by atoms with Crippen LogP contribution in [0.2, 0.25) is 0 Å². The van der Waals surface area contributed by atoms with Gasteiger partial charge in [0.15, 0.2) is 4.34 Å². The molecule has 11 heteroatoms. The molecule has 24 heavy (non-hydrogen) atoms. The highest BCUT2D eigenvalue weighted by molar-refractivity contribution is 8.00. The molecule has 0 aliphatic heterocycles. The number of thiazole rings is 1. The summed E-state index contributed by atoms with van der Waals surface area (Å²) in [5.74, 6) is -1.27. The highest BCUT2D eigenvalue weighted by atomic mass is 32.2. The number of aliphatic carboxylic acids is 1. The van der Waals surface area contributed by atoms with Gasteiger partial charge in [-0.1, -0.05) is 29.5 Å². The number of benzene rings is 1. The molecule has 3 rings (SSSR count). The molecule has 0 unspecified atom stereocenters. The minimum Gasteiger partial charge on any atom is -0.480 e. The van der Waals surface area contributed by atoms with E-state index in [0.29, 0.717) is 20.1 Å². The standard InChI is InChI=1S/C13H10N6O3S2/c20-10(21)7-19-12(16-17-18-19)24-13-14-6-9(23-13)15-11(22)8-4-2-1-3-5-8/h1-6H,7H2,(H,15,22)(H,20,21). The van der Waals surface area contributed by atoms with Crippen LogP contribution < -0.4 is 5.32 Å². The van der Waals surface area contributed by atoms with Gasteiger partial charge in [0.05, 0.1) is 6.20 Å². The highest BCUT2D eigenvalue weighted by Gasteiger charge is 2.14. The van der Waals surface area contributed by atoms with E-state index >= 15 is 0 Å². The number of hydrogen-bond donors (Lipinski definition) is 2. The summed E-state index contributed by atoms with van der Waals surface area (Å²) >= 11 is 2.37. The molecule has 0 radical (unpaired) electrons. The van der Waals surface area contributed by atoms with Crippen molar-refractivity contribution in [2.24, 2.45) is 0 Å². The lowest BCUT2D eigenvalue weighted by atomic mass is 10.2. The molecule has 0 fully saturated rings. The Labute approximate surface area is 143 Å². The van der Waals surface area contributed by atoms with Crippen molar-refractivity contribution in [3.05, 3.63) is 42.1 Å². The predicted molar refractivity (Wildman–Crippen MR) is 86.1 cm³/mol. The summed E-state index contributed by atoms with van der Waals surface area (Å²) in [6.07, 6.45) is 1.53. The number of aromatic nitrogens is 5. The molecule has 1 amide bonds. The molecular weight excluding hydrogens is 352 g/mol. The molecule has 0 bridgehead atoms. The Morgan fingerprint density at radius 3 is 2.83 bits per heavy atom. The van der Waals surface area contributed by atoms with Crippen LogP contribution in [0.25, 0.3) is 0 Å². The molecule has 1 aromatic carbocycles. The summed E-state index contributed by atoms with van der Waals surface area (Å²) in [4.78, 5) is 27.0. The number of carboxylic acids is 1. The molecule has 3 aromatic rings. The van der Waals surface area contributed by atoms with E-state index in [1.165, 1.54) is 17.5 Å². The lowest BCUT2D eigenvalue weighted by Gasteiger charge is -2.01. The van der Waals surface area contributed by atoms with E-state index in [2.05, 4.69) is 25.8 Å². The van der Waals surface area contributed by atoms with E-state index in [1.807, 2.05) is 6.07 Å². The Kier molecular flexibility index (Phi) is 4.82. The van der Waals surface area contributed by atoms with Gasteiger partial charge in [0.2, 0.25) is 5.16 Å². The third kappa shape index (κ3) is 3.94. The number of hydrogen-bond acceptors (Lipinski definition) is 8. The Morgan fingerprint density at radius 1 is 1.29 bits per heavy atom. The number of amides is 1. The third-order valence-corrected chi connectivity index (χ3v) is 4.68. The highest BCUT2D eigenvalue weighted by Crippen LogP contribution is 2.32. The van der Waals surface area contributed by atoms with Crippen LogP contribution in [0.1, 0.15) is 10.4 Å². The number of nitrogens with one attached hydrogen (secondary N) is 1. The fourth-order valence-electron chi connectivity index (χ4n) is 1.71. The third-order valence-electron chi connectivity index (χ3n) is 2.72. The van der Waals surface area contributed by atoms with E-state index in [9.17, 15) is 9.59 Å². The minimum atomic E-state index is -1.04. The smallest absolute Gasteiger partial charge is 0.325 e. The summed E-state index contributed by atoms with van der Waals surface area (Å²) in [5.41, 5.74) is 0.547. The Balaban J connectivity index is 1.67. The number of tetrazole rings is 1. The SMILES string of the molecule is O=C(O)Cn1nnnc1Sc1ncc(NC(=O)c2ccccc2)s1. The van der Waals surface area contributed by atoms with E-state index in [4.69, 9.17) is 5.11 Å². The molecule has 0 saturated carbocycles. The first kappa shape index (κ1) is 16.1. The molecule has 9 nitrogen and oxygen atoms in total. The number of rotatable bonds is 6. The molecule has 2 N–H and O–H groups in total. The molecule has 2 heterocycles. The van der Waals surface area contributed by atoms with E-state index in [-0.39, 0.29) is 12.5 Å². The monoisotopic (exact) mass is 362 g/mol. The van der Waals surface area contributed by atoms with Crippen LogP contribution in [0.15, 0.2) is 46.0 Å². The first-order chi connectivity index (χ1) is 11.6. The normalized spacial score (nSPS) is 10.5. The number of anilines is 1. The fraction of sp³-hybridized carbons (Fsp3) is 0.0769. The second kappa shape index (κ2) is 7.19. The van der Waals surface area contributed by atoms with Crippen molar-refractivity contribution in [2.45, 2.75) is 16.0 Å². The maximum Gasteiger partial charge on any atom is 0.325 e. The minimum absolute atomic E-state index is 0.230. The average molecular weight is 362 g/mol. The number of carbonyl (C=O) groups is 2. The lowest BCUT2D eigenvalue weighted by molar-refractivity contribution is -0.138. The number of carbonyl (C=O) groups excluding carboxylic acids is 1. The molecule has 0 spiro atoms. The topological polar surface area (TPSA) is 123 Å². The lowest BCUT2D eigenvalue weighted by Crippen LogP contribution is -2.11. The molecule has 0 aliphatic rings. The van der Waals surface area contributed by atoms with Crippen molar-refractivity contribution < 1.29 is 14.7 Å². The first-order valence-corrected chi connectivity index (χ1v) is 8.23. The number of nitrogens with zero attached hydrogens (tertiary/aromatic N) is 5.